The van der Waals surface area contributed by atoms with E-state index < -0.39 is 17.8 Å². The number of nitrogens with zero attached hydrogens (tertiary/aromatic N) is 3. The van der Waals surface area contributed by atoms with Gasteiger partial charge in [-0.15, -0.1) is 0 Å². The highest BCUT2D eigenvalue weighted by Crippen LogP contribution is 2.33. The normalized spacial score (nSPS) is 11.6. The third-order valence-electron chi connectivity index (χ3n) is 3.53. The minimum Gasteiger partial charge on any atom is -0.497 e. The number of rotatable bonds is 3. The molecule has 0 N–H and O–H groups in total. The van der Waals surface area contributed by atoms with Gasteiger partial charge in [0.05, 0.1) is 26.1 Å². The Kier molecular flexibility index (Phi) is 4.07. The molecule has 0 bridgehead atoms. The Balaban J connectivity index is 2.30. The van der Waals surface area contributed by atoms with Gasteiger partial charge in [0.1, 0.15) is 11.3 Å². The molecular weight excluding hydrogens is 339 g/mol. The Bertz CT molecular complexity index is 951. The maximum Gasteiger partial charge on any atom is 0.433 e. The van der Waals surface area contributed by atoms with Crippen LogP contribution in [0.4, 0.5) is 13.2 Å². The van der Waals surface area contributed by atoms with Gasteiger partial charge in [-0.2, -0.15) is 18.3 Å². The average molecular weight is 351 g/mol. The van der Waals surface area contributed by atoms with E-state index in [9.17, 15) is 18.0 Å². The quantitative estimate of drug-likeness (QED) is 0.678. The molecule has 0 aliphatic heterocycles. The first-order chi connectivity index (χ1) is 11.8. The molecule has 0 saturated heterocycles. The Morgan fingerprint density at radius 3 is 2.60 bits per heavy atom. The van der Waals surface area contributed by atoms with E-state index in [-0.39, 0.29) is 16.9 Å². The number of carbonyl (C=O) groups is 1. The Labute approximate surface area is 139 Å². The summed E-state index contributed by atoms with van der Waals surface area (Å²) in [5.41, 5.74) is -1.00. The summed E-state index contributed by atoms with van der Waals surface area (Å²) in [7, 11) is 2.58. The van der Waals surface area contributed by atoms with E-state index >= 15 is 0 Å². The maximum atomic E-state index is 13.4. The van der Waals surface area contributed by atoms with E-state index in [0.717, 1.165) is 19.4 Å². The molecule has 0 aliphatic carbocycles. The predicted molar refractivity (Wildman–Crippen MR) is 81.3 cm³/mol. The van der Waals surface area contributed by atoms with Crippen LogP contribution in [0.1, 0.15) is 16.1 Å². The van der Waals surface area contributed by atoms with Crippen molar-refractivity contribution in [3.05, 3.63) is 47.8 Å². The van der Waals surface area contributed by atoms with Crippen molar-refractivity contribution in [1.82, 2.24) is 14.6 Å². The summed E-state index contributed by atoms with van der Waals surface area (Å²) in [6.07, 6.45) is -3.69. The smallest absolute Gasteiger partial charge is 0.433 e. The van der Waals surface area contributed by atoms with E-state index in [1.54, 1.807) is 24.3 Å². The van der Waals surface area contributed by atoms with Gasteiger partial charge in [0, 0.05) is 5.56 Å². The largest absolute Gasteiger partial charge is 0.497 e. The highest BCUT2D eigenvalue weighted by atomic mass is 19.4. The predicted octanol–water partition coefficient (Wildman–Crippen LogP) is 3.21. The molecule has 0 saturated carbocycles. The molecule has 3 rings (SSSR count). The average Bonchev–Trinajstić information content (AvgIpc) is 3.03. The molecule has 0 spiro atoms. The summed E-state index contributed by atoms with van der Waals surface area (Å²) < 4.78 is 50.5. The highest BCUT2D eigenvalue weighted by molar-refractivity contribution is 5.95. The van der Waals surface area contributed by atoms with Crippen molar-refractivity contribution in [2.75, 3.05) is 14.2 Å². The summed E-state index contributed by atoms with van der Waals surface area (Å²) >= 11 is 0. The van der Waals surface area contributed by atoms with Crippen molar-refractivity contribution in [2.45, 2.75) is 6.18 Å². The molecular formula is C16H12F3N3O3. The van der Waals surface area contributed by atoms with Gasteiger partial charge in [-0.1, -0.05) is 12.1 Å². The molecule has 1 aromatic carbocycles. The van der Waals surface area contributed by atoms with Crippen LogP contribution >= 0.6 is 0 Å². The molecule has 0 radical (unpaired) electrons. The van der Waals surface area contributed by atoms with Crippen molar-refractivity contribution in [3.63, 3.8) is 0 Å². The van der Waals surface area contributed by atoms with Gasteiger partial charge in [-0.3, -0.25) is 0 Å². The first-order valence-electron chi connectivity index (χ1n) is 7.04. The van der Waals surface area contributed by atoms with Crippen LogP contribution in [0.2, 0.25) is 0 Å². The standard InChI is InChI=1S/C16H12F3N3O3/c1-24-10-5-3-4-9(6-10)12-7-13(16(17,18)19)22-14(21-12)11(8-20-22)15(23)25-2/h3-8H,1-2H3. The van der Waals surface area contributed by atoms with Crippen LogP contribution in [0.15, 0.2) is 36.5 Å². The Morgan fingerprint density at radius 2 is 1.96 bits per heavy atom. The lowest BCUT2D eigenvalue weighted by Crippen LogP contribution is -2.14. The fourth-order valence-electron chi connectivity index (χ4n) is 2.35. The molecule has 6 nitrogen and oxygen atoms in total. The molecule has 0 amide bonds. The van der Waals surface area contributed by atoms with E-state index in [1.165, 1.54) is 7.11 Å². The fourth-order valence-corrected chi connectivity index (χ4v) is 2.35. The number of methoxy groups -OCH3 is 2. The number of ether oxygens (including phenoxy) is 2. The van der Waals surface area contributed by atoms with Crippen LogP contribution in [-0.2, 0) is 10.9 Å². The zero-order valence-electron chi connectivity index (χ0n) is 13.2. The van der Waals surface area contributed by atoms with Gasteiger partial charge in [0.25, 0.3) is 0 Å². The number of hydrogen-bond acceptors (Lipinski definition) is 5. The molecule has 2 aromatic heterocycles. The molecule has 0 fully saturated rings. The van der Waals surface area contributed by atoms with Crippen molar-refractivity contribution in [1.29, 1.82) is 0 Å². The second-order valence-corrected chi connectivity index (χ2v) is 5.04. The van der Waals surface area contributed by atoms with Crippen LogP contribution in [0.5, 0.6) is 5.75 Å². The van der Waals surface area contributed by atoms with E-state index in [4.69, 9.17) is 4.74 Å². The zero-order valence-corrected chi connectivity index (χ0v) is 13.2. The van der Waals surface area contributed by atoms with Gasteiger partial charge < -0.3 is 9.47 Å². The lowest BCUT2D eigenvalue weighted by molar-refractivity contribution is -0.142. The summed E-state index contributed by atoms with van der Waals surface area (Å²) in [5.74, 6) is -0.354. The van der Waals surface area contributed by atoms with E-state index in [2.05, 4.69) is 14.8 Å². The van der Waals surface area contributed by atoms with Crippen LogP contribution in [0, 0.1) is 0 Å². The molecule has 0 unspecified atom stereocenters. The number of hydrogen-bond donors (Lipinski definition) is 0. The molecule has 130 valence electrons. The van der Waals surface area contributed by atoms with Crippen molar-refractivity contribution in [3.8, 4) is 17.0 Å². The first kappa shape index (κ1) is 16.7. The molecule has 0 aliphatic rings. The summed E-state index contributed by atoms with van der Waals surface area (Å²) in [5, 5.41) is 3.63. The van der Waals surface area contributed by atoms with E-state index in [0.29, 0.717) is 15.8 Å². The lowest BCUT2D eigenvalue weighted by Gasteiger charge is -2.12. The molecule has 25 heavy (non-hydrogen) atoms. The van der Waals surface area contributed by atoms with Crippen LogP contribution in [0.3, 0.4) is 0 Å². The van der Waals surface area contributed by atoms with Crippen molar-refractivity contribution in [2.24, 2.45) is 0 Å². The lowest BCUT2D eigenvalue weighted by atomic mass is 10.1. The van der Waals surface area contributed by atoms with Crippen molar-refractivity contribution < 1.29 is 27.4 Å². The van der Waals surface area contributed by atoms with E-state index in [1.807, 2.05) is 0 Å². The molecule has 0 atom stereocenters. The number of halogens is 3. The van der Waals surface area contributed by atoms with Crippen LogP contribution < -0.4 is 4.74 Å². The second kappa shape index (κ2) is 6.08. The van der Waals surface area contributed by atoms with Gasteiger partial charge >= 0.3 is 12.1 Å². The zero-order chi connectivity index (χ0) is 18.2. The summed E-state index contributed by atoms with van der Waals surface area (Å²) in [4.78, 5) is 15.9. The highest BCUT2D eigenvalue weighted by Gasteiger charge is 2.36. The number of aromatic nitrogens is 3. The van der Waals surface area contributed by atoms with Crippen LogP contribution in [-0.4, -0.2) is 34.8 Å². The minimum atomic E-state index is -4.69. The minimum absolute atomic E-state index is 0.0318. The molecule has 9 heteroatoms. The first-order valence-corrected chi connectivity index (χ1v) is 7.04. The van der Waals surface area contributed by atoms with Gasteiger partial charge in [-0.05, 0) is 18.2 Å². The Morgan fingerprint density at radius 1 is 1.20 bits per heavy atom. The summed E-state index contributed by atoms with van der Waals surface area (Å²) in [6.45, 7) is 0. The Hall–Kier alpha value is -3.10. The number of carbonyl (C=O) groups excluding carboxylic acids is 1. The second-order valence-electron chi connectivity index (χ2n) is 5.04. The van der Waals surface area contributed by atoms with Crippen LogP contribution in [0.25, 0.3) is 16.9 Å². The monoisotopic (exact) mass is 351 g/mol. The summed E-state index contributed by atoms with van der Waals surface area (Å²) in [6, 6.07) is 7.30. The molecule has 3 aromatic rings. The molecule has 2 heterocycles. The van der Waals surface area contributed by atoms with Gasteiger partial charge in [0.15, 0.2) is 11.3 Å². The number of benzene rings is 1. The fraction of sp³-hybridized carbons (Fsp3) is 0.188. The van der Waals surface area contributed by atoms with Gasteiger partial charge in [-0.25, -0.2) is 14.3 Å². The van der Waals surface area contributed by atoms with Gasteiger partial charge in [0.2, 0.25) is 0 Å². The number of esters is 1. The number of fused-ring (bicyclic) bond motifs is 1. The third kappa shape index (κ3) is 3.00. The van der Waals surface area contributed by atoms with Crippen molar-refractivity contribution >= 4 is 11.6 Å². The maximum absolute atomic E-state index is 13.4. The third-order valence-corrected chi connectivity index (χ3v) is 3.53. The number of alkyl halides is 3. The topological polar surface area (TPSA) is 65.7 Å². The SMILES string of the molecule is COC(=O)c1cnn2c(C(F)(F)F)cc(-c3cccc(OC)c3)nc12.